The van der Waals surface area contributed by atoms with E-state index in [9.17, 15) is 5.11 Å². The third kappa shape index (κ3) is 1.29. The highest BCUT2D eigenvalue weighted by Gasteiger charge is 2.55. The molecule has 2 atom stereocenters. The van der Waals surface area contributed by atoms with Gasteiger partial charge in [0.1, 0.15) is 17.1 Å². The summed E-state index contributed by atoms with van der Waals surface area (Å²) in [5.74, 6) is 2.13. The summed E-state index contributed by atoms with van der Waals surface area (Å²) in [6.45, 7) is 4.16. The standard InChI is InChI=1S/C11H16O2/c1-3-8-7-11(8,12)10-6-5-9(4-2)13-10/h5-6,8,12H,3-4,7H2,1-2H3. The number of furan rings is 1. The molecule has 1 fully saturated rings. The Hall–Kier alpha value is -0.760. The number of aliphatic hydroxyl groups is 1. The van der Waals surface area contributed by atoms with Gasteiger partial charge in [0.15, 0.2) is 0 Å². The summed E-state index contributed by atoms with van der Waals surface area (Å²) in [5, 5.41) is 10.1. The maximum absolute atomic E-state index is 10.1. The summed E-state index contributed by atoms with van der Waals surface area (Å²) in [5.41, 5.74) is -0.637. The van der Waals surface area contributed by atoms with Crippen molar-refractivity contribution in [3.8, 4) is 0 Å². The minimum Gasteiger partial charge on any atom is -0.463 e. The second kappa shape index (κ2) is 2.88. The van der Waals surface area contributed by atoms with Gasteiger partial charge in [-0.3, -0.25) is 0 Å². The average Bonchev–Trinajstić information content (AvgIpc) is 2.65. The molecule has 1 aromatic rings. The van der Waals surface area contributed by atoms with Crippen LogP contribution in [0, 0.1) is 5.92 Å². The number of hydrogen-bond acceptors (Lipinski definition) is 2. The molecule has 0 aromatic carbocycles. The molecule has 2 heteroatoms. The van der Waals surface area contributed by atoms with Gasteiger partial charge in [0, 0.05) is 6.42 Å². The van der Waals surface area contributed by atoms with E-state index in [-0.39, 0.29) is 0 Å². The van der Waals surface area contributed by atoms with E-state index in [2.05, 4.69) is 13.8 Å². The number of hydrogen-bond donors (Lipinski definition) is 1. The van der Waals surface area contributed by atoms with Gasteiger partial charge in [-0.25, -0.2) is 0 Å². The largest absolute Gasteiger partial charge is 0.463 e. The van der Waals surface area contributed by atoms with Gasteiger partial charge < -0.3 is 9.52 Å². The van der Waals surface area contributed by atoms with Gasteiger partial charge in [-0.1, -0.05) is 13.8 Å². The average molecular weight is 180 g/mol. The third-order valence-electron chi connectivity index (χ3n) is 3.00. The lowest BCUT2D eigenvalue weighted by atomic mass is 10.2. The Kier molecular flexibility index (Phi) is 1.95. The van der Waals surface area contributed by atoms with Crippen LogP contribution >= 0.6 is 0 Å². The van der Waals surface area contributed by atoms with Crippen LogP contribution in [0.25, 0.3) is 0 Å². The van der Waals surface area contributed by atoms with Crippen LogP contribution in [-0.2, 0) is 12.0 Å². The molecule has 72 valence electrons. The second-order valence-corrected chi connectivity index (χ2v) is 3.85. The van der Waals surface area contributed by atoms with Crippen molar-refractivity contribution in [1.82, 2.24) is 0 Å². The van der Waals surface area contributed by atoms with Gasteiger partial charge in [0.05, 0.1) is 0 Å². The Labute approximate surface area is 78.6 Å². The summed E-state index contributed by atoms with van der Waals surface area (Å²) in [7, 11) is 0. The molecule has 2 rings (SSSR count). The summed E-state index contributed by atoms with van der Waals surface area (Å²) < 4.78 is 5.54. The minimum atomic E-state index is -0.637. The van der Waals surface area contributed by atoms with E-state index in [1.54, 1.807) is 0 Å². The zero-order valence-corrected chi connectivity index (χ0v) is 8.21. The van der Waals surface area contributed by atoms with E-state index in [0.717, 1.165) is 30.8 Å². The van der Waals surface area contributed by atoms with Crippen molar-refractivity contribution in [3.05, 3.63) is 23.7 Å². The molecule has 0 saturated heterocycles. The van der Waals surface area contributed by atoms with Crippen LogP contribution < -0.4 is 0 Å². The maximum atomic E-state index is 10.1. The van der Waals surface area contributed by atoms with E-state index < -0.39 is 5.60 Å². The fourth-order valence-electron chi connectivity index (χ4n) is 1.90. The highest BCUT2D eigenvalue weighted by Crippen LogP contribution is 2.53. The molecule has 0 aliphatic heterocycles. The molecule has 0 bridgehead atoms. The van der Waals surface area contributed by atoms with E-state index in [0.29, 0.717) is 5.92 Å². The van der Waals surface area contributed by atoms with Crippen molar-refractivity contribution < 1.29 is 9.52 Å². The first-order chi connectivity index (χ1) is 6.20. The molecule has 0 radical (unpaired) electrons. The number of rotatable bonds is 3. The van der Waals surface area contributed by atoms with Crippen molar-refractivity contribution >= 4 is 0 Å². The van der Waals surface area contributed by atoms with Crippen molar-refractivity contribution in [3.63, 3.8) is 0 Å². The molecule has 2 unspecified atom stereocenters. The van der Waals surface area contributed by atoms with E-state index in [4.69, 9.17) is 4.42 Å². The zero-order valence-electron chi connectivity index (χ0n) is 8.21. The van der Waals surface area contributed by atoms with Crippen LogP contribution in [0.2, 0.25) is 0 Å². The maximum Gasteiger partial charge on any atom is 0.136 e. The van der Waals surface area contributed by atoms with Crippen LogP contribution in [0.3, 0.4) is 0 Å². The fraction of sp³-hybridized carbons (Fsp3) is 0.636. The van der Waals surface area contributed by atoms with Crippen molar-refractivity contribution in [1.29, 1.82) is 0 Å². The molecule has 0 amide bonds. The molecule has 1 aromatic heterocycles. The van der Waals surface area contributed by atoms with Gasteiger partial charge in [-0.05, 0) is 30.9 Å². The van der Waals surface area contributed by atoms with Crippen molar-refractivity contribution in [2.24, 2.45) is 5.92 Å². The van der Waals surface area contributed by atoms with Gasteiger partial charge in [-0.2, -0.15) is 0 Å². The van der Waals surface area contributed by atoms with Crippen LogP contribution in [0.15, 0.2) is 16.5 Å². The van der Waals surface area contributed by atoms with Crippen molar-refractivity contribution in [2.45, 2.75) is 38.7 Å². The van der Waals surface area contributed by atoms with Crippen molar-refractivity contribution in [2.75, 3.05) is 0 Å². The Morgan fingerprint density at radius 3 is 2.77 bits per heavy atom. The lowest BCUT2D eigenvalue weighted by Gasteiger charge is -2.05. The van der Waals surface area contributed by atoms with Crippen LogP contribution in [0.4, 0.5) is 0 Å². The van der Waals surface area contributed by atoms with Gasteiger partial charge >= 0.3 is 0 Å². The van der Waals surface area contributed by atoms with Gasteiger partial charge in [0.2, 0.25) is 0 Å². The highest BCUT2D eigenvalue weighted by molar-refractivity contribution is 5.22. The molecule has 1 N–H and O–H groups in total. The van der Waals surface area contributed by atoms with E-state index in [1.807, 2.05) is 12.1 Å². The summed E-state index contributed by atoms with van der Waals surface area (Å²) in [6, 6.07) is 3.87. The van der Waals surface area contributed by atoms with E-state index >= 15 is 0 Å². The molecule has 0 spiro atoms. The quantitative estimate of drug-likeness (QED) is 0.775. The third-order valence-corrected chi connectivity index (χ3v) is 3.00. The van der Waals surface area contributed by atoms with Crippen LogP contribution in [-0.4, -0.2) is 5.11 Å². The Balaban J connectivity index is 2.18. The lowest BCUT2D eigenvalue weighted by Crippen LogP contribution is -2.06. The molecular formula is C11H16O2. The van der Waals surface area contributed by atoms with Gasteiger partial charge in [-0.15, -0.1) is 0 Å². The molecular weight excluding hydrogens is 164 g/mol. The molecule has 13 heavy (non-hydrogen) atoms. The Bertz CT molecular complexity index is 303. The predicted octanol–water partition coefficient (Wildman–Crippen LogP) is 2.46. The monoisotopic (exact) mass is 180 g/mol. The smallest absolute Gasteiger partial charge is 0.136 e. The minimum absolute atomic E-state index is 0.406. The van der Waals surface area contributed by atoms with Crippen LogP contribution in [0.1, 0.15) is 38.2 Å². The molecule has 2 nitrogen and oxygen atoms in total. The first kappa shape index (κ1) is 8.82. The van der Waals surface area contributed by atoms with Crippen LogP contribution in [0.5, 0.6) is 0 Å². The predicted molar refractivity (Wildman–Crippen MR) is 50.4 cm³/mol. The summed E-state index contributed by atoms with van der Waals surface area (Å²) in [6.07, 6.45) is 2.78. The fourth-order valence-corrected chi connectivity index (χ4v) is 1.90. The first-order valence-corrected chi connectivity index (χ1v) is 5.02. The topological polar surface area (TPSA) is 33.4 Å². The zero-order chi connectivity index (χ0) is 9.47. The second-order valence-electron chi connectivity index (χ2n) is 3.85. The normalized spacial score (nSPS) is 32.1. The first-order valence-electron chi connectivity index (χ1n) is 5.02. The molecule has 1 aliphatic rings. The molecule has 1 aliphatic carbocycles. The van der Waals surface area contributed by atoms with Gasteiger partial charge in [0.25, 0.3) is 0 Å². The SMILES string of the molecule is CCc1ccc(C2(O)CC2CC)o1. The molecule has 1 saturated carbocycles. The Morgan fingerprint density at radius 2 is 2.31 bits per heavy atom. The van der Waals surface area contributed by atoms with E-state index in [1.165, 1.54) is 0 Å². The Morgan fingerprint density at radius 1 is 1.54 bits per heavy atom. The highest BCUT2D eigenvalue weighted by atomic mass is 16.4. The number of aryl methyl sites for hydroxylation is 1. The lowest BCUT2D eigenvalue weighted by molar-refractivity contribution is 0.102. The summed E-state index contributed by atoms with van der Waals surface area (Å²) >= 11 is 0. The molecule has 1 heterocycles. The summed E-state index contributed by atoms with van der Waals surface area (Å²) in [4.78, 5) is 0.